The Hall–Kier alpha value is -1.06. The number of amides is 1. The van der Waals surface area contributed by atoms with Crippen molar-refractivity contribution < 1.29 is 14.7 Å². The molecule has 0 heterocycles. The maximum absolute atomic E-state index is 11.6. The number of carboxylic acids is 1. The van der Waals surface area contributed by atoms with Gasteiger partial charge >= 0.3 is 5.97 Å². The summed E-state index contributed by atoms with van der Waals surface area (Å²) in [6.07, 6.45) is 0.478. The van der Waals surface area contributed by atoms with Crippen molar-refractivity contribution in [3.8, 4) is 0 Å². The second-order valence-corrected chi connectivity index (χ2v) is 5.54. The van der Waals surface area contributed by atoms with Gasteiger partial charge in [-0.25, -0.2) is 4.79 Å². The van der Waals surface area contributed by atoms with E-state index >= 15 is 0 Å². The summed E-state index contributed by atoms with van der Waals surface area (Å²) in [7, 11) is 0. The normalized spacial score (nSPS) is 13.7. The zero-order valence-corrected chi connectivity index (χ0v) is 11.1. The fourth-order valence-electron chi connectivity index (χ4n) is 1.92. The van der Waals surface area contributed by atoms with Crippen molar-refractivity contribution in [2.45, 2.75) is 59.5 Å². The molecule has 1 N–H and O–H groups in total. The van der Waals surface area contributed by atoms with Crippen LogP contribution in [0.1, 0.15) is 48.0 Å². The molecule has 16 heavy (non-hydrogen) atoms. The molecule has 0 spiro atoms. The summed E-state index contributed by atoms with van der Waals surface area (Å²) >= 11 is 0. The maximum Gasteiger partial charge on any atom is 0.326 e. The van der Waals surface area contributed by atoms with E-state index in [9.17, 15) is 14.7 Å². The third-order valence-corrected chi connectivity index (χ3v) is 2.35. The molecular formula is C12H23NO3. The highest BCUT2D eigenvalue weighted by molar-refractivity contribution is 5.82. The molecule has 0 bridgehead atoms. The molecule has 0 unspecified atom stereocenters. The van der Waals surface area contributed by atoms with E-state index in [1.165, 1.54) is 11.8 Å². The molecule has 0 radical (unpaired) electrons. The van der Waals surface area contributed by atoms with Crippen molar-refractivity contribution in [2.75, 3.05) is 0 Å². The Morgan fingerprint density at radius 3 is 1.88 bits per heavy atom. The number of hydrogen-bond acceptors (Lipinski definition) is 2. The van der Waals surface area contributed by atoms with Gasteiger partial charge in [-0.05, 0) is 33.1 Å². The minimum absolute atomic E-state index is 0.194. The lowest BCUT2D eigenvalue weighted by Gasteiger charge is -2.39. The lowest BCUT2D eigenvalue weighted by molar-refractivity contribution is -0.154. The number of carboxylic acid groups (broad SMARTS) is 1. The number of aliphatic carboxylic acids is 1. The van der Waals surface area contributed by atoms with Crippen LogP contribution < -0.4 is 0 Å². The summed E-state index contributed by atoms with van der Waals surface area (Å²) in [5.41, 5.74) is -0.468. The summed E-state index contributed by atoms with van der Waals surface area (Å²) in [4.78, 5) is 24.3. The fourth-order valence-corrected chi connectivity index (χ4v) is 1.92. The molecular weight excluding hydrogens is 206 g/mol. The van der Waals surface area contributed by atoms with Crippen molar-refractivity contribution in [1.82, 2.24) is 4.90 Å². The van der Waals surface area contributed by atoms with Crippen LogP contribution in [-0.4, -0.2) is 33.5 Å². The molecule has 0 fully saturated rings. The largest absolute Gasteiger partial charge is 0.480 e. The van der Waals surface area contributed by atoms with Crippen molar-refractivity contribution in [3.63, 3.8) is 0 Å². The molecule has 0 aromatic heterocycles. The van der Waals surface area contributed by atoms with E-state index in [2.05, 4.69) is 0 Å². The molecule has 0 aliphatic carbocycles. The molecule has 0 aromatic rings. The highest BCUT2D eigenvalue weighted by Crippen LogP contribution is 2.22. The molecule has 0 aromatic carbocycles. The summed E-state index contributed by atoms with van der Waals surface area (Å²) in [6, 6.07) is -0.738. The van der Waals surface area contributed by atoms with Crippen LogP contribution in [0, 0.1) is 5.92 Å². The monoisotopic (exact) mass is 229 g/mol. The van der Waals surface area contributed by atoms with E-state index in [0.717, 1.165) is 0 Å². The summed E-state index contributed by atoms with van der Waals surface area (Å²) in [5.74, 6) is -0.885. The highest BCUT2D eigenvalue weighted by Gasteiger charge is 2.35. The number of carbonyl (C=O) groups is 2. The smallest absolute Gasteiger partial charge is 0.326 e. The maximum atomic E-state index is 11.6. The Kier molecular flexibility index (Phi) is 4.97. The van der Waals surface area contributed by atoms with E-state index in [0.29, 0.717) is 6.42 Å². The molecule has 0 aliphatic rings. The molecule has 1 atom stereocenters. The Morgan fingerprint density at radius 1 is 1.25 bits per heavy atom. The molecule has 1 amide bonds. The Balaban J connectivity index is 5.12. The molecule has 4 nitrogen and oxygen atoms in total. The average Bonchev–Trinajstić information content (AvgIpc) is 1.97. The first-order chi connectivity index (χ1) is 7.07. The predicted molar refractivity (Wildman–Crippen MR) is 63.2 cm³/mol. The number of hydrogen-bond donors (Lipinski definition) is 1. The molecule has 0 aliphatic heterocycles. The minimum atomic E-state index is -0.932. The van der Waals surface area contributed by atoms with Gasteiger partial charge in [0.05, 0.1) is 0 Å². The van der Waals surface area contributed by atoms with Gasteiger partial charge < -0.3 is 10.0 Å². The second-order valence-electron chi connectivity index (χ2n) is 5.54. The lowest BCUT2D eigenvalue weighted by Crippen LogP contribution is -2.54. The van der Waals surface area contributed by atoms with Gasteiger partial charge in [0.25, 0.3) is 0 Å². The summed E-state index contributed by atoms with van der Waals surface area (Å²) in [5, 5.41) is 9.21. The van der Waals surface area contributed by atoms with Gasteiger partial charge in [-0.2, -0.15) is 0 Å². The van der Waals surface area contributed by atoms with Crippen molar-refractivity contribution in [2.24, 2.45) is 5.92 Å². The average molecular weight is 229 g/mol. The van der Waals surface area contributed by atoms with Crippen LogP contribution in [0.3, 0.4) is 0 Å². The second kappa shape index (κ2) is 5.32. The van der Waals surface area contributed by atoms with Gasteiger partial charge in [0, 0.05) is 12.5 Å². The first-order valence-electron chi connectivity index (χ1n) is 5.60. The van der Waals surface area contributed by atoms with Gasteiger partial charge in [-0.15, -0.1) is 0 Å². The quantitative estimate of drug-likeness (QED) is 0.803. The van der Waals surface area contributed by atoms with Crippen LogP contribution in [0.15, 0.2) is 0 Å². The van der Waals surface area contributed by atoms with Crippen LogP contribution in [-0.2, 0) is 9.59 Å². The van der Waals surface area contributed by atoms with Crippen LogP contribution >= 0.6 is 0 Å². The Labute approximate surface area is 97.6 Å². The topological polar surface area (TPSA) is 57.6 Å². The Morgan fingerprint density at radius 2 is 1.69 bits per heavy atom. The number of carbonyl (C=O) groups excluding carboxylic acids is 1. The number of rotatable bonds is 4. The van der Waals surface area contributed by atoms with Gasteiger partial charge in [-0.3, -0.25) is 4.79 Å². The van der Waals surface area contributed by atoms with E-state index in [1.54, 1.807) is 0 Å². The Bertz CT molecular complexity index is 266. The predicted octanol–water partition coefficient (Wildman–Crippen LogP) is 2.13. The minimum Gasteiger partial charge on any atom is -0.480 e. The molecule has 94 valence electrons. The standard InChI is InChI=1S/C12H23NO3/c1-8(2)7-10(11(15)16)13(9(3)14)12(4,5)6/h8,10H,7H2,1-6H3,(H,15,16)/t10-/m0/s1. The van der Waals surface area contributed by atoms with Crippen LogP contribution in [0.4, 0.5) is 0 Å². The van der Waals surface area contributed by atoms with Crippen LogP contribution in [0.5, 0.6) is 0 Å². The van der Waals surface area contributed by atoms with Crippen molar-refractivity contribution in [3.05, 3.63) is 0 Å². The van der Waals surface area contributed by atoms with Crippen molar-refractivity contribution >= 4 is 11.9 Å². The first kappa shape index (κ1) is 14.9. The molecule has 0 rings (SSSR count). The zero-order valence-electron chi connectivity index (χ0n) is 11.1. The van der Waals surface area contributed by atoms with E-state index in [1.807, 2.05) is 34.6 Å². The van der Waals surface area contributed by atoms with Gasteiger partial charge in [-0.1, -0.05) is 13.8 Å². The third-order valence-electron chi connectivity index (χ3n) is 2.35. The van der Waals surface area contributed by atoms with Crippen LogP contribution in [0.2, 0.25) is 0 Å². The highest BCUT2D eigenvalue weighted by atomic mass is 16.4. The van der Waals surface area contributed by atoms with E-state index in [4.69, 9.17) is 0 Å². The molecule has 0 saturated carbocycles. The van der Waals surface area contributed by atoms with Gasteiger partial charge in [0.1, 0.15) is 6.04 Å². The van der Waals surface area contributed by atoms with Gasteiger partial charge in [0.2, 0.25) is 5.91 Å². The van der Waals surface area contributed by atoms with E-state index in [-0.39, 0.29) is 11.8 Å². The third kappa shape index (κ3) is 4.21. The fraction of sp³-hybridized carbons (Fsp3) is 0.833. The summed E-state index contributed by atoms with van der Waals surface area (Å²) < 4.78 is 0. The van der Waals surface area contributed by atoms with Crippen molar-refractivity contribution in [1.29, 1.82) is 0 Å². The molecule has 0 saturated heterocycles. The van der Waals surface area contributed by atoms with Gasteiger partial charge in [0.15, 0.2) is 0 Å². The van der Waals surface area contributed by atoms with Crippen LogP contribution in [0.25, 0.3) is 0 Å². The van der Waals surface area contributed by atoms with E-state index < -0.39 is 17.6 Å². The summed E-state index contributed by atoms with van der Waals surface area (Å²) in [6.45, 7) is 10.9. The number of nitrogens with zero attached hydrogens (tertiary/aromatic N) is 1. The lowest BCUT2D eigenvalue weighted by atomic mass is 9.96. The SMILES string of the molecule is CC(=O)N([C@@H](CC(C)C)C(=O)O)C(C)(C)C. The molecule has 4 heteroatoms. The first-order valence-corrected chi connectivity index (χ1v) is 5.60. The zero-order chi connectivity index (χ0) is 13.1.